The van der Waals surface area contributed by atoms with Gasteiger partial charge >= 0.3 is 0 Å². The Morgan fingerprint density at radius 1 is 0.900 bits per heavy atom. The smallest absolute Gasteiger partial charge is 0.126 e. The van der Waals surface area contributed by atoms with Gasteiger partial charge in [-0.2, -0.15) is 0 Å². The minimum Gasteiger partial charge on any atom is -0.207 e. The summed E-state index contributed by atoms with van der Waals surface area (Å²) in [5.74, 6) is -0.123. The van der Waals surface area contributed by atoms with Crippen molar-refractivity contribution in [2.45, 2.75) is 47.5 Å². The third-order valence-electron chi connectivity index (χ3n) is 3.43. The largest absolute Gasteiger partial charge is 0.207 e. The molecule has 0 radical (unpaired) electrons. The molecule has 0 spiro atoms. The molecule has 0 aliphatic carbocycles. The standard InChI is InChI=1S/C17H19F.C2H6/c1-4-5-14-6-8-15(9-7-14)16-10-12(2)13(3)17(18)11-16;1-2/h6-11H,4-5H2,1-3H3;1-2H3. The van der Waals surface area contributed by atoms with E-state index < -0.39 is 0 Å². The first kappa shape index (κ1) is 16.4. The first-order valence-electron chi connectivity index (χ1n) is 7.48. The average Bonchev–Trinajstić information content (AvgIpc) is 2.47. The van der Waals surface area contributed by atoms with Gasteiger partial charge in [0, 0.05) is 0 Å². The third-order valence-corrected chi connectivity index (χ3v) is 3.43. The summed E-state index contributed by atoms with van der Waals surface area (Å²) in [6.45, 7) is 9.94. The van der Waals surface area contributed by atoms with Crippen LogP contribution in [-0.4, -0.2) is 0 Å². The molecule has 2 aromatic carbocycles. The van der Waals surface area contributed by atoms with Gasteiger partial charge < -0.3 is 0 Å². The van der Waals surface area contributed by atoms with Gasteiger partial charge in [-0.05, 0) is 54.2 Å². The molecule has 0 aliphatic heterocycles. The number of hydrogen-bond acceptors (Lipinski definition) is 0. The maximum atomic E-state index is 13.7. The van der Waals surface area contributed by atoms with Crippen LogP contribution >= 0.6 is 0 Å². The van der Waals surface area contributed by atoms with Crippen molar-refractivity contribution in [2.75, 3.05) is 0 Å². The van der Waals surface area contributed by atoms with Crippen LogP contribution in [0.1, 0.15) is 43.9 Å². The summed E-state index contributed by atoms with van der Waals surface area (Å²) in [7, 11) is 0. The topological polar surface area (TPSA) is 0 Å². The summed E-state index contributed by atoms with van der Waals surface area (Å²) in [6.07, 6.45) is 2.25. The molecule has 0 unspecified atom stereocenters. The van der Waals surface area contributed by atoms with Gasteiger partial charge in [0.1, 0.15) is 5.82 Å². The van der Waals surface area contributed by atoms with E-state index in [4.69, 9.17) is 0 Å². The lowest BCUT2D eigenvalue weighted by Gasteiger charge is -2.08. The van der Waals surface area contributed by atoms with E-state index in [9.17, 15) is 4.39 Å². The molecule has 0 nitrogen and oxygen atoms in total. The van der Waals surface area contributed by atoms with Crippen LogP contribution in [0.2, 0.25) is 0 Å². The predicted molar refractivity (Wildman–Crippen MR) is 86.7 cm³/mol. The Morgan fingerprint density at radius 3 is 2.00 bits per heavy atom. The average molecular weight is 272 g/mol. The molecule has 0 fully saturated rings. The molecular formula is C19H25F. The Hall–Kier alpha value is -1.63. The van der Waals surface area contributed by atoms with E-state index in [2.05, 4.69) is 31.2 Å². The van der Waals surface area contributed by atoms with Crippen LogP contribution in [0, 0.1) is 19.7 Å². The van der Waals surface area contributed by atoms with Crippen LogP contribution in [0.4, 0.5) is 4.39 Å². The van der Waals surface area contributed by atoms with E-state index in [0.29, 0.717) is 0 Å². The maximum absolute atomic E-state index is 13.7. The molecule has 1 heteroatoms. The minimum absolute atomic E-state index is 0.123. The molecule has 108 valence electrons. The Morgan fingerprint density at radius 2 is 1.50 bits per heavy atom. The van der Waals surface area contributed by atoms with E-state index in [0.717, 1.165) is 35.1 Å². The van der Waals surface area contributed by atoms with Crippen molar-refractivity contribution in [1.82, 2.24) is 0 Å². The summed E-state index contributed by atoms with van der Waals surface area (Å²) < 4.78 is 13.7. The summed E-state index contributed by atoms with van der Waals surface area (Å²) in [6, 6.07) is 12.1. The summed E-state index contributed by atoms with van der Waals surface area (Å²) in [4.78, 5) is 0. The number of rotatable bonds is 3. The lowest BCUT2D eigenvalue weighted by molar-refractivity contribution is 0.617. The SMILES string of the molecule is CC.CCCc1ccc(-c2cc(C)c(C)c(F)c2)cc1. The molecule has 0 amide bonds. The molecule has 20 heavy (non-hydrogen) atoms. The summed E-state index contributed by atoms with van der Waals surface area (Å²) >= 11 is 0. The van der Waals surface area contributed by atoms with Gasteiger partial charge in [-0.1, -0.05) is 57.5 Å². The number of halogens is 1. The van der Waals surface area contributed by atoms with E-state index in [-0.39, 0.29) is 5.82 Å². The Balaban J connectivity index is 0.000000956. The van der Waals surface area contributed by atoms with Gasteiger partial charge in [0.25, 0.3) is 0 Å². The third kappa shape index (κ3) is 3.93. The van der Waals surface area contributed by atoms with E-state index in [1.54, 1.807) is 6.07 Å². The monoisotopic (exact) mass is 272 g/mol. The maximum Gasteiger partial charge on any atom is 0.126 e. The van der Waals surface area contributed by atoms with Gasteiger partial charge in [0.15, 0.2) is 0 Å². The highest BCUT2D eigenvalue weighted by atomic mass is 19.1. The number of benzene rings is 2. The van der Waals surface area contributed by atoms with Gasteiger partial charge in [-0.15, -0.1) is 0 Å². The lowest BCUT2D eigenvalue weighted by Crippen LogP contribution is -1.90. The highest BCUT2D eigenvalue weighted by Crippen LogP contribution is 2.25. The molecule has 0 bridgehead atoms. The Kier molecular flexibility index (Phi) is 6.44. The first-order valence-corrected chi connectivity index (χ1v) is 7.48. The number of aryl methyl sites for hydroxylation is 2. The number of hydrogen-bond donors (Lipinski definition) is 0. The minimum atomic E-state index is -0.123. The van der Waals surface area contributed by atoms with Gasteiger partial charge in [-0.25, -0.2) is 4.39 Å². The highest BCUT2D eigenvalue weighted by Gasteiger charge is 2.05. The molecule has 0 saturated heterocycles. The van der Waals surface area contributed by atoms with Crippen LogP contribution in [0.15, 0.2) is 36.4 Å². The van der Waals surface area contributed by atoms with E-state index in [1.165, 1.54) is 5.56 Å². The fraction of sp³-hybridized carbons (Fsp3) is 0.368. The van der Waals surface area contributed by atoms with Crippen LogP contribution in [0.25, 0.3) is 11.1 Å². The second-order valence-corrected chi connectivity index (χ2v) is 4.85. The normalized spacial score (nSPS) is 9.90. The quantitative estimate of drug-likeness (QED) is 0.634. The fourth-order valence-electron chi connectivity index (χ4n) is 2.14. The summed E-state index contributed by atoms with van der Waals surface area (Å²) in [5.41, 5.74) is 5.12. The van der Waals surface area contributed by atoms with Crippen LogP contribution in [-0.2, 0) is 6.42 Å². The van der Waals surface area contributed by atoms with Crippen molar-refractivity contribution in [1.29, 1.82) is 0 Å². The van der Waals surface area contributed by atoms with Crippen LogP contribution in [0.5, 0.6) is 0 Å². The second-order valence-electron chi connectivity index (χ2n) is 4.85. The molecular weight excluding hydrogens is 247 g/mol. The van der Waals surface area contributed by atoms with Gasteiger partial charge in [-0.3, -0.25) is 0 Å². The van der Waals surface area contributed by atoms with Crippen molar-refractivity contribution in [2.24, 2.45) is 0 Å². The van der Waals surface area contributed by atoms with Crippen molar-refractivity contribution < 1.29 is 4.39 Å². The summed E-state index contributed by atoms with van der Waals surface area (Å²) in [5, 5.41) is 0. The molecule has 0 aliphatic rings. The zero-order chi connectivity index (χ0) is 15.1. The molecule has 0 aromatic heterocycles. The van der Waals surface area contributed by atoms with Crippen LogP contribution in [0.3, 0.4) is 0 Å². The Bertz CT molecular complexity index is 515. The first-order chi connectivity index (χ1) is 9.61. The van der Waals surface area contributed by atoms with Crippen molar-refractivity contribution in [3.63, 3.8) is 0 Å². The molecule has 2 aromatic rings. The van der Waals surface area contributed by atoms with E-state index >= 15 is 0 Å². The van der Waals surface area contributed by atoms with Crippen molar-refractivity contribution in [3.05, 3.63) is 58.9 Å². The zero-order valence-corrected chi connectivity index (χ0v) is 13.3. The van der Waals surface area contributed by atoms with E-state index in [1.807, 2.05) is 33.8 Å². The predicted octanol–water partition coefficient (Wildman–Crippen LogP) is 6.09. The van der Waals surface area contributed by atoms with Crippen LogP contribution < -0.4 is 0 Å². The molecule has 0 heterocycles. The Labute approximate surface area is 122 Å². The highest BCUT2D eigenvalue weighted by molar-refractivity contribution is 5.65. The molecule has 0 atom stereocenters. The molecule has 0 saturated carbocycles. The van der Waals surface area contributed by atoms with Crippen molar-refractivity contribution >= 4 is 0 Å². The zero-order valence-electron chi connectivity index (χ0n) is 13.3. The fourth-order valence-corrected chi connectivity index (χ4v) is 2.14. The van der Waals surface area contributed by atoms with Gasteiger partial charge in [0.05, 0.1) is 0 Å². The van der Waals surface area contributed by atoms with Crippen molar-refractivity contribution in [3.8, 4) is 11.1 Å². The second kappa shape index (κ2) is 7.84. The van der Waals surface area contributed by atoms with Gasteiger partial charge in [0.2, 0.25) is 0 Å². The molecule has 0 N–H and O–H groups in total. The lowest BCUT2D eigenvalue weighted by atomic mass is 9.98. The molecule has 2 rings (SSSR count).